The fourth-order valence-corrected chi connectivity index (χ4v) is 2.65. The summed E-state index contributed by atoms with van der Waals surface area (Å²) >= 11 is 0. The number of hydrogen-bond acceptors (Lipinski definition) is 9. The van der Waals surface area contributed by atoms with Crippen LogP contribution in [0, 0.1) is 20.2 Å². The van der Waals surface area contributed by atoms with Crippen LogP contribution in [0.25, 0.3) is 0 Å². The van der Waals surface area contributed by atoms with E-state index in [1.165, 1.54) is 24.3 Å². The van der Waals surface area contributed by atoms with Gasteiger partial charge in [-0.3, -0.25) is 35.9 Å². The van der Waals surface area contributed by atoms with Gasteiger partial charge in [0, 0.05) is 18.7 Å². The highest BCUT2D eigenvalue weighted by Crippen LogP contribution is 2.28. The Morgan fingerprint density at radius 3 is 2.19 bits per heavy atom. The third kappa shape index (κ3) is 5.69. The molecule has 0 aliphatic rings. The van der Waals surface area contributed by atoms with Crippen LogP contribution in [0.1, 0.15) is 11.1 Å². The first-order valence-corrected chi connectivity index (χ1v) is 8.99. The van der Waals surface area contributed by atoms with Crippen LogP contribution in [0.4, 0.5) is 23.0 Å². The number of nitro benzene ring substituents is 1. The number of carbonyl (C=O) groups is 1. The van der Waals surface area contributed by atoms with Gasteiger partial charge >= 0.3 is 5.69 Å². The average molecular weight is 423 g/mol. The van der Waals surface area contributed by atoms with E-state index < -0.39 is 21.4 Å². The first-order chi connectivity index (χ1) is 14.9. The minimum Gasteiger partial charge on any atom is -0.360 e. The maximum Gasteiger partial charge on any atom is 0.354 e. The van der Waals surface area contributed by atoms with Crippen LogP contribution in [-0.4, -0.2) is 25.7 Å². The van der Waals surface area contributed by atoms with Crippen LogP contribution < -0.4 is 16.2 Å². The van der Waals surface area contributed by atoms with Crippen molar-refractivity contribution >= 4 is 28.9 Å². The van der Waals surface area contributed by atoms with E-state index in [9.17, 15) is 25.0 Å². The highest BCUT2D eigenvalue weighted by molar-refractivity contribution is 5.81. The van der Waals surface area contributed by atoms with Gasteiger partial charge in [0.25, 0.3) is 5.69 Å². The van der Waals surface area contributed by atoms with Crippen LogP contribution >= 0.6 is 0 Å². The van der Waals surface area contributed by atoms with E-state index >= 15 is 0 Å². The van der Waals surface area contributed by atoms with Gasteiger partial charge in [0.15, 0.2) is 0 Å². The molecule has 1 aromatic heterocycles. The number of anilines is 2. The van der Waals surface area contributed by atoms with E-state index in [0.717, 1.165) is 11.9 Å². The first kappa shape index (κ1) is 21.1. The van der Waals surface area contributed by atoms with Gasteiger partial charge in [-0.25, -0.2) is 9.97 Å². The smallest absolute Gasteiger partial charge is 0.354 e. The number of aromatic nitrogens is 2. The minimum atomic E-state index is -0.655. The molecule has 12 heteroatoms. The Labute approximate surface area is 175 Å². The van der Waals surface area contributed by atoms with Crippen molar-refractivity contribution in [1.82, 2.24) is 15.4 Å². The Balaban J connectivity index is 1.65. The lowest BCUT2D eigenvalue weighted by molar-refractivity contribution is -0.384. The van der Waals surface area contributed by atoms with Crippen molar-refractivity contribution in [2.75, 3.05) is 10.7 Å². The summed E-state index contributed by atoms with van der Waals surface area (Å²) in [5.74, 6) is -0.704. The number of nitrogens with zero attached hydrogens (tertiary/aromatic N) is 4. The molecule has 0 atom stereocenters. The molecular weight excluding hydrogens is 406 g/mol. The van der Waals surface area contributed by atoms with Gasteiger partial charge < -0.3 is 5.32 Å². The molecule has 3 aromatic rings. The molecule has 0 unspecified atom stereocenters. The second-order valence-electron chi connectivity index (χ2n) is 6.29. The van der Waals surface area contributed by atoms with Crippen molar-refractivity contribution in [2.45, 2.75) is 13.0 Å². The summed E-state index contributed by atoms with van der Waals surface area (Å²) < 4.78 is 0. The molecule has 3 N–H and O–H groups in total. The largest absolute Gasteiger partial charge is 0.360 e. The molecule has 0 saturated carbocycles. The van der Waals surface area contributed by atoms with E-state index in [1.807, 2.05) is 30.3 Å². The van der Waals surface area contributed by atoms with Crippen molar-refractivity contribution in [2.24, 2.45) is 0 Å². The van der Waals surface area contributed by atoms with E-state index in [2.05, 4.69) is 26.1 Å². The van der Waals surface area contributed by atoms with Gasteiger partial charge in [-0.05, 0) is 11.1 Å². The monoisotopic (exact) mass is 423 g/mol. The summed E-state index contributed by atoms with van der Waals surface area (Å²) in [7, 11) is 0. The summed E-state index contributed by atoms with van der Waals surface area (Å²) in [6, 6.07) is 14.8. The maximum absolute atomic E-state index is 12.1. The van der Waals surface area contributed by atoms with Crippen LogP contribution in [-0.2, 0) is 17.8 Å². The van der Waals surface area contributed by atoms with E-state index in [-0.39, 0.29) is 23.7 Å². The second-order valence-corrected chi connectivity index (χ2v) is 6.29. The second kappa shape index (κ2) is 9.73. The Bertz CT molecular complexity index is 1090. The molecule has 3 rings (SSSR count). The number of nitro groups is 2. The van der Waals surface area contributed by atoms with E-state index in [4.69, 9.17) is 0 Å². The minimum absolute atomic E-state index is 0.00373. The molecule has 0 saturated heterocycles. The van der Waals surface area contributed by atoms with Crippen molar-refractivity contribution in [3.8, 4) is 0 Å². The van der Waals surface area contributed by atoms with Crippen molar-refractivity contribution in [3.63, 3.8) is 0 Å². The molecule has 12 nitrogen and oxygen atoms in total. The van der Waals surface area contributed by atoms with E-state index in [0.29, 0.717) is 12.1 Å². The van der Waals surface area contributed by atoms with Crippen LogP contribution in [0.15, 0.2) is 60.9 Å². The molecule has 0 aliphatic heterocycles. The summed E-state index contributed by atoms with van der Waals surface area (Å²) in [5, 5.41) is 25.1. The molecule has 31 heavy (non-hydrogen) atoms. The molecule has 0 radical (unpaired) electrons. The Morgan fingerprint density at radius 2 is 1.55 bits per heavy atom. The summed E-state index contributed by atoms with van der Waals surface area (Å²) in [5.41, 5.74) is 5.71. The van der Waals surface area contributed by atoms with Gasteiger partial charge in [-0.15, -0.1) is 0 Å². The van der Waals surface area contributed by atoms with Crippen molar-refractivity contribution < 1.29 is 14.6 Å². The number of hydrogen-bond donors (Lipinski definition) is 3. The number of benzene rings is 2. The Hall–Kier alpha value is -4.61. The number of hydrazine groups is 1. The predicted molar refractivity (Wildman–Crippen MR) is 111 cm³/mol. The van der Waals surface area contributed by atoms with Crippen molar-refractivity contribution in [1.29, 1.82) is 0 Å². The van der Waals surface area contributed by atoms with Crippen LogP contribution in [0.2, 0.25) is 0 Å². The number of amides is 1. The fraction of sp³-hybridized carbons (Fsp3) is 0.105. The number of rotatable bonds is 9. The standard InChI is InChI=1S/C19H17N7O5/c27-16(10-13-6-8-15(9-7-13)25(28)29)23-24-19-17(26(30)31)18(21-12-22-19)20-11-14-4-2-1-3-5-14/h1-9,12H,10-11H2,(H,23,27)(H2,20,21,22,24). The van der Waals surface area contributed by atoms with Gasteiger partial charge in [0.2, 0.25) is 17.5 Å². The topological polar surface area (TPSA) is 165 Å². The lowest BCUT2D eigenvalue weighted by Gasteiger charge is -2.11. The average Bonchev–Trinajstić information content (AvgIpc) is 2.77. The lowest BCUT2D eigenvalue weighted by Crippen LogP contribution is -2.31. The third-order valence-corrected chi connectivity index (χ3v) is 4.14. The van der Waals surface area contributed by atoms with Gasteiger partial charge in [-0.1, -0.05) is 42.5 Å². The van der Waals surface area contributed by atoms with Crippen LogP contribution in [0.3, 0.4) is 0 Å². The molecule has 2 aromatic carbocycles. The molecule has 0 spiro atoms. The molecular formula is C19H17N7O5. The van der Waals surface area contributed by atoms with Crippen LogP contribution in [0.5, 0.6) is 0 Å². The maximum atomic E-state index is 12.1. The molecule has 0 fully saturated rings. The predicted octanol–water partition coefficient (Wildman–Crippen LogP) is 2.59. The summed E-state index contributed by atoms with van der Waals surface area (Å²) in [6.45, 7) is 0.310. The molecule has 0 aliphatic carbocycles. The van der Waals surface area contributed by atoms with Gasteiger partial charge in [-0.2, -0.15) is 0 Å². The zero-order valence-electron chi connectivity index (χ0n) is 16.0. The molecule has 1 heterocycles. The normalized spacial score (nSPS) is 10.2. The number of carbonyl (C=O) groups excluding carboxylic acids is 1. The van der Waals surface area contributed by atoms with E-state index in [1.54, 1.807) is 0 Å². The Morgan fingerprint density at radius 1 is 0.871 bits per heavy atom. The zero-order chi connectivity index (χ0) is 22.2. The van der Waals surface area contributed by atoms with Crippen molar-refractivity contribution in [3.05, 3.63) is 92.3 Å². The molecule has 0 bridgehead atoms. The highest BCUT2D eigenvalue weighted by atomic mass is 16.6. The highest BCUT2D eigenvalue weighted by Gasteiger charge is 2.23. The molecule has 158 valence electrons. The van der Waals surface area contributed by atoms with Gasteiger partial charge in [0.05, 0.1) is 16.3 Å². The fourth-order valence-electron chi connectivity index (χ4n) is 2.65. The molecule has 1 amide bonds. The first-order valence-electron chi connectivity index (χ1n) is 8.99. The summed E-state index contributed by atoms with van der Waals surface area (Å²) in [6.07, 6.45) is 1.04. The lowest BCUT2D eigenvalue weighted by atomic mass is 10.1. The Kier molecular flexibility index (Phi) is 6.63. The van der Waals surface area contributed by atoms with Gasteiger partial charge in [0.1, 0.15) is 6.33 Å². The number of nitrogens with one attached hydrogen (secondary N) is 3. The summed E-state index contributed by atoms with van der Waals surface area (Å²) in [4.78, 5) is 40.9. The third-order valence-electron chi connectivity index (χ3n) is 4.14. The SMILES string of the molecule is O=C(Cc1ccc([N+](=O)[O-])cc1)NNc1ncnc(NCc2ccccc2)c1[N+](=O)[O-]. The zero-order valence-corrected chi connectivity index (χ0v) is 16.0. The number of non-ortho nitro benzene ring substituents is 1. The quantitative estimate of drug-likeness (QED) is 0.346.